The maximum Gasteiger partial charge on any atom is 0.235 e. The molecule has 0 fully saturated rings. The summed E-state index contributed by atoms with van der Waals surface area (Å²) in [7, 11) is 0. The van der Waals surface area contributed by atoms with E-state index in [1.54, 1.807) is 6.07 Å². The van der Waals surface area contributed by atoms with Gasteiger partial charge in [-0.25, -0.2) is 4.39 Å². The van der Waals surface area contributed by atoms with Crippen molar-refractivity contribution in [2.24, 2.45) is 5.92 Å². The van der Waals surface area contributed by atoms with Crippen molar-refractivity contribution < 1.29 is 9.18 Å². The van der Waals surface area contributed by atoms with Crippen LogP contribution in [0.15, 0.2) is 18.2 Å². The van der Waals surface area contributed by atoms with E-state index < -0.39 is 5.41 Å². The Kier molecular flexibility index (Phi) is 2.94. The molecule has 1 aliphatic rings. The number of hydrogen-bond acceptors (Lipinski definition) is 1. The summed E-state index contributed by atoms with van der Waals surface area (Å²) >= 11 is 0. The van der Waals surface area contributed by atoms with E-state index in [4.69, 9.17) is 0 Å². The molecule has 1 aromatic rings. The second kappa shape index (κ2) is 4.13. The van der Waals surface area contributed by atoms with Crippen molar-refractivity contribution >= 4 is 11.6 Å². The number of benzene rings is 1. The molecule has 2 nitrogen and oxygen atoms in total. The van der Waals surface area contributed by atoms with Crippen LogP contribution in [-0.2, 0) is 10.2 Å². The molecule has 0 saturated heterocycles. The minimum absolute atomic E-state index is 0.0607. The quantitative estimate of drug-likeness (QED) is 0.854. The summed E-state index contributed by atoms with van der Waals surface area (Å²) in [4.78, 5) is 12.3. The Bertz CT molecular complexity index is 456. The SMILES string of the molecule is CCCC1(C(C)C)C(=O)Nc2c(F)cccc21. The van der Waals surface area contributed by atoms with E-state index in [9.17, 15) is 9.18 Å². The monoisotopic (exact) mass is 235 g/mol. The molecule has 1 amide bonds. The van der Waals surface area contributed by atoms with Gasteiger partial charge in [0.05, 0.1) is 11.1 Å². The van der Waals surface area contributed by atoms with Gasteiger partial charge < -0.3 is 5.32 Å². The first-order valence-electron chi connectivity index (χ1n) is 6.14. The van der Waals surface area contributed by atoms with Gasteiger partial charge >= 0.3 is 0 Å². The van der Waals surface area contributed by atoms with E-state index in [2.05, 4.69) is 12.2 Å². The maximum atomic E-state index is 13.7. The molecule has 1 heterocycles. The third-order valence-corrected chi connectivity index (χ3v) is 3.77. The second-order valence-corrected chi connectivity index (χ2v) is 4.99. The lowest BCUT2D eigenvalue weighted by Gasteiger charge is -2.31. The van der Waals surface area contributed by atoms with Gasteiger partial charge in [-0.1, -0.05) is 39.3 Å². The Balaban J connectivity index is 2.63. The van der Waals surface area contributed by atoms with E-state index in [0.29, 0.717) is 5.69 Å². The van der Waals surface area contributed by atoms with Crippen molar-refractivity contribution in [3.63, 3.8) is 0 Å². The summed E-state index contributed by atoms with van der Waals surface area (Å²) in [5.41, 5.74) is 0.630. The number of halogens is 1. The molecule has 2 rings (SSSR count). The number of rotatable bonds is 3. The summed E-state index contributed by atoms with van der Waals surface area (Å²) in [6.45, 7) is 6.10. The highest BCUT2D eigenvalue weighted by molar-refractivity contribution is 6.06. The molecule has 0 radical (unpaired) electrons. The Morgan fingerprint density at radius 1 is 1.41 bits per heavy atom. The summed E-state index contributed by atoms with van der Waals surface area (Å²) in [5, 5.41) is 2.71. The predicted molar refractivity (Wildman–Crippen MR) is 66.5 cm³/mol. The molecule has 1 atom stereocenters. The van der Waals surface area contributed by atoms with Crippen LogP contribution < -0.4 is 5.32 Å². The van der Waals surface area contributed by atoms with Crippen LogP contribution in [0.2, 0.25) is 0 Å². The van der Waals surface area contributed by atoms with Crippen LogP contribution in [-0.4, -0.2) is 5.91 Å². The number of para-hydroxylation sites is 1. The smallest absolute Gasteiger partial charge is 0.235 e. The molecule has 17 heavy (non-hydrogen) atoms. The molecule has 0 spiro atoms. The first-order valence-corrected chi connectivity index (χ1v) is 6.14. The average molecular weight is 235 g/mol. The van der Waals surface area contributed by atoms with E-state index in [1.807, 2.05) is 19.9 Å². The molecule has 0 bridgehead atoms. The molecule has 0 aromatic heterocycles. The number of carbonyl (C=O) groups excluding carboxylic acids is 1. The molecule has 1 aromatic carbocycles. The van der Waals surface area contributed by atoms with Crippen LogP contribution in [0.3, 0.4) is 0 Å². The third kappa shape index (κ3) is 1.56. The normalized spacial score (nSPS) is 22.8. The lowest BCUT2D eigenvalue weighted by molar-refractivity contribution is -0.122. The largest absolute Gasteiger partial charge is 0.323 e. The summed E-state index contributed by atoms with van der Waals surface area (Å²) < 4.78 is 13.7. The number of anilines is 1. The van der Waals surface area contributed by atoms with Gasteiger partial charge in [-0.05, 0) is 24.0 Å². The van der Waals surface area contributed by atoms with Crippen molar-refractivity contribution in [1.82, 2.24) is 0 Å². The van der Waals surface area contributed by atoms with E-state index in [-0.39, 0.29) is 17.6 Å². The molecular weight excluding hydrogens is 217 g/mol. The number of hydrogen-bond donors (Lipinski definition) is 1. The number of amides is 1. The van der Waals surface area contributed by atoms with Crippen LogP contribution in [0, 0.1) is 11.7 Å². The van der Waals surface area contributed by atoms with Gasteiger partial charge in [-0.2, -0.15) is 0 Å². The standard InChI is InChI=1S/C14H18FNO/c1-4-8-14(9(2)3)10-6-5-7-11(15)12(10)16-13(14)17/h5-7,9H,4,8H2,1-3H3,(H,16,17). The minimum atomic E-state index is -0.563. The molecular formula is C14H18FNO. The van der Waals surface area contributed by atoms with Gasteiger partial charge in [0.25, 0.3) is 0 Å². The molecule has 1 unspecified atom stereocenters. The van der Waals surface area contributed by atoms with Crippen LogP contribution >= 0.6 is 0 Å². The zero-order valence-electron chi connectivity index (χ0n) is 10.5. The van der Waals surface area contributed by atoms with Crippen molar-refractivity contribution in [2.45, 2.75) is 39.0 Å². The second-order valence-electron chi connectivity index (χ2n) is 4.99. The third-order valence-electron chi connectivity index (χ3n) is 3.77. The Hall–Kier alpha value is -1.38. The first kappa shape index (κ1) is 12.1. The number of carbonyl (C=O) groups is 1. The lowest BCUT2D eigenvalue weighted by Crippen LogP contribution is -2.39. The Morgan fingerprint density at radius 2 is 2.12 bits per heavy atom. The average Bonchev–Trinajstić information content (AvgIpc) is 2.56. The highest BCUT2D eigenvalue weighted by Crippen LogP contribution is 2.46. The van der Waals surface area contributed by atoms with Gasteiger partial charge in [0, 0.05) is 0 Å². The van der Waals surface area contributed by atoms with E-state index in [0.717, 1.165) is 18.4 Å². The van der Waals surface area contributed by atoms with Gasteiger partial charge in [-0.15, -0.1) is 0 Å². The van der Waals surface area contributed by atoms with E-state index in [1.165, 1.54) is 6.07 Å². The number of fused-ring (bicyclic) bond motifs is 1. The van der Waals surface area contributed by atoms with Gasteiger partial charge in [0.2, 0.25) is 5.91 Å². The molecule has 3 heteroatoms. The minimum Gasteiger partial charge on any atom is -0.323 e. The summed E-state index contributed by atoms with van der Waals surface area (Å²) in [6, 6.07) is 4.94. The van der Waals surface area contributed by atoms with Crippen molar-refractivity contribution in [3.05, 3.63) is 29.6 Å². The van der Waals surface area contributed by atoms with Gasteiger partial charge in [0.15, 0.2) is 0 Å². The van der Waals surface area contributed by atoms with Crippen LogP contribution in [0.5, 0.6) is 0 Å². The maximum absolute atomic E-state index is 13.7. The fraction of sp³-hybridized carbons (Fsp3) is 0.500. The van der Waals surface area contributed by atoms with Crippen molar-refractivity contribution in [1.29, 1.82) is 0 Å². The summed E-state index contributed by atoms with van der Waals surface area (Å²) in [6.07, 6.45) is 1.66. The molecule has 0 saturated carbocycles. The van der Waals surface area contributed by atoms with Gasteiger partial charge in [0.1, 0.15) is 5.82 Å². The van der Waals surface area contributed by atoms with Crippen LogP contribution in [0.25, 0.3) is 0 Å². The predicted octanol–water partition coefficient (Wildman–Crippen LogP) is 3.47. The fourth-order valence-electron chi connectivity index (χ4n) is 2.87. The van der Waals surface area contributed by atoms with Gasteiger partial charge in [-0.3, -0.25) is 4.79 Å². The molecule has 92 valence electrons. The highest BCUT2D eigenvalue weighted by atomic mass is 19.1. The lowest BCUT2D eigenvalue weighted by atomic mass is 9.69. The fourth-order valence-corrected chi connectivity index (χ4v) is 2.87. The van der Waals surface area contributed by atoms with Crippen molar-refractivity contribution in [3.8, 4) is 0 Å². The Labute approximate surface area is 101 Å². The molecule has 1 N–H and O–H groups in total. The molecule has 1 aliphatic heterocycles. The van der Waals surface area contributed by atoms with Crippen LogP contribution in [0.4, 0.5) is 10.1 Å². The zero-order valence-corrected chi connectivity index (χ0v) is 10.5. The zero-order chi connectivity index (χ0) is 12.6. The van der Waals surface area contributed by atoms with E-state index >= 15 is 0 Å². The topological polar surface area (TPSA) is 29.1 Å². The summed E-state index contributed by atoms with van der Waals surface area (Å²) in [5.74, 6) is -0.241. The highest BCUT2D eigenvalue weighted by Gasteiger charge is 2.48. The molecule has 0 aliphatic carbocycles. The van der Waals surface area contributed by atoms with Crippen molar-refractivity contribution in [2.75, 3.05) is 5.32 Å². The Morgan fingerprint density at radius 3 is 2.71 bits per heavy atom. The first-order chi connectivity index (χ1) is 8.04. The number of nitrogens with one attached hydrogen (secondary N) is 1. The van der Waals surface area contributed by atoms with Crippen LogP contribution in [0.1, 0.15) is 39.2 Å².